The second kappa shape index (κ2) is 5.65. The fraction of sp³-hybridized carbons (Fsp3) is 0.308. The molecule has 0 aliphatic heterocycles. The van der Waals surface area contributed by atoms with E-state index in [0.29, 0.717) is 11.2 Å². The average molecular weight is 353 g/mol. The number of ether oxygens (including phenoxy) is 1. The number of nitrogens with two attached hydrogens (primary N) is 1. The minimum absolute atomic E-state index is 0.0648. The number of rotatable bonds is 4. The highest BCUT2D eigenvalue weighted by Crippen LogP contribution is 2.44. The summed E-state index contributed by atoms with van der Waals surface area (Å²) >= 11 is 0. The molecule has 1 unspecified atom stereocenters. The molecular formula is C13H13FN5O4P. The second-order valence-corrected chi connectivity index (χ2v) is 6.87. The number of halogens is 1. The lowest BCUT2D eigenvalue weighted by Crippen LogP contribution is -2.30. The molecule has 9 nitrogen and oxygen atoms in total. The van der Waals surface area contributed by atoms with E-state index in [-0.39, 0.29) is 12.2 Å². The van der Waals surface area contributed by atoms with Crippen molar-refractivity contribution in [2.45, 2.75) is 18.1 Å². The van der Waals surface area contributed by atoms with Crippen molar-refractivity contribution in [3.8, 4) is 12.3 Å². The Labute approximate surface area is 135 Å². The molecule has 2 atom stereocenters. The van der Waals surface area contributed by atoms with Crippen LogP contribution in [0.5, 0.6) is 0 Å². The Balaban J connectivity index is 1.94. The van der Waals surface area contributed by atoms with Gasteiger partial charge in [-0.05, 0) is 6.08 Å². The Kier molecular flexibility index (Phi) is 3.89. The quantitative estimate of drug-likeness (QED) is 0.540. The normalized spacial score (nSPS) is 24.1. The summed E-state index contributed by atoms with van der Waals surface area (Å²) in [6.45, 7) is 0. The zero-order chi connectivity index (χ0) is 17.5. The van der Waals surface area contributed by atoms with Crippen LogP contribution in [0.1, 0.15) is 12.5 Å². The fourth-order valence-corrected chi connectivity index (χ4v) is 2.93. The van der Waals surface area contributed by atoms with Gasteiger partial charge in [-0.1, -0.05) is 5.92 Å². The zero-order valence-electron chi connectivity index (χ0n) is 12.2. The highest BCUT2D eigenvalue weighted by molar-refractivity contribution is 7.51. The van der Waals surface area contributed by atoms with E-state index in [2.05, 4.69) is 20.9 Å². The first kappa shape index (κ1) is 16.5. The highest BCUT2D eigenvalue weighted by atomic mass is 31.2. The lowest BCUT2D eigenvalue weighted by Gasteiger charge is -2.24. The van der Waals surface area contributed by atoms with Crippen LogP contribution in [0, 0.1) is 12.3 Å². The summed E-state index contributed by atoms with van der Waals surface area (Å²) in [5.41, 5.74) is 4.61. The molecule has 0 saturated heterocycles. The van der Waals surface area contributed by atoms with Gasteiger partial charge in [0.05, 0.1) is 12.4 Å². The molecule has 24 heavy (non-hydrogen) atoms. The van der Waals surface area contributed by atoms with E-state index in [1.54, 1.807) is 4.57 Å². The van der Waals surface area contributed by atoms with Crippen LogP contribution >= 0.6 is 7.60 Å². The number of anilines is 1. The van der Waals surface area contributed by atoms with E-state index in [9.17, 15) is 8.96 Å². The number of terminal acetylenes is 1. The molecule has 1 aliphatic rings. The van der Waals surface area contributed by atoms with E-state index in [0.717, 1.165) is 0 Å². The first-order valence-corrected chi connectivity index (χ1v) is 8.52. The molecule has 0 radical (unpaired) electrons. The molecule has 0 fully saturated rings. The first-order chi connectivity index (χ1) is 11.3. The van der Waals surface area contributed by atoms with E-state index >= 15 is 0 Å². The van der Waals surface area contributed by atoms with Gasteiger partial charge in [-0.2, -0.15) is 0 Å². The van der Waals surface area contributed by atoms with Gasteiger partial charge in [0.1, 0.15) is 17.7 Å². The molecule has 0 aromatic carbocycles. The third-order valence-electron chi connectivity index (χ3n) is 3.68. The molecule has 2 heterocycles. The summed E-state index contributed by atoms with van der Waals surface area (Å²) in [7, 11) is -4.49. The molecule has 4 N–H and O–H groups in total. The van der Waals surface area contributed by atoms with Crippen molar-refractivity contribution in [2.24, 2.45) is 0 Å². The topological polar surface area (TPSA) is 136 Å². The van der Waals surface area contributed by atoms with E-state index < -0.39 is 31.4 Å². The van der Waals surface area contributed by atoms with Gasteiger partial charge in [0.2, 0.25) is 0 Å². The van der Waals surface area contributed by atoms with Gasteiger partial charge in [0.25, 0.3) is 0 Å². The monoisotopic (exact) mass is 353 g/mol. The lowest BCUT2D eigenvalue weighted by atomic mass is 10.0. The van der Waals surface area contributed by atoms with Crippen molar-refractivity contribution >= 4 is 24.6 Å². The van der Waals surface area contributed by atoms with Gasteiger partial charge in [0, 0.05) is 6.42 Å². The number of aromatic nitrogens is 4. The van der Waals surface area contributed by atoms with Crippen LogP contribution in [-0.2, 0) is 9.30 Å². The second-order valence-electron chi connectivity index (χ2n) is 5.28. The number of fused-ring (bicyclic) bond motifs is 1. The van der Waals surface area contributed by atoms with E-state index in [4.69, 9.17) is 26.7 Å². The van der Waals surface area contributed by atoms with Crippen molar-refractivity contribution in [3.63, 3.8) is 0 Å². The molecule has 0 bridgehead atoms. The summed E-state index contributed by atoms with van der Waals surface area (Å²) in [6.07, 6.45) is 8.19. The number of nitrogen functional groups attached to an aromatic ring is 1. The minimum atomic E-state index is -4.49. The Morgan fingerprint density at radius 2 is 2.29 bits per heavy atom. The third kappa shape index (κ3) is 2.79. The molecule has 3 rings (SSSR count). The molecule has 126 valence electrons. The van der Waals surface area contributed by atoms with E-state index in [1.807, 2.05) is 0 Å². The number of hydrogen-bond acceptors (Lipinski definition) is 6. The van der Waals surface area contributed by atoms with Crippen LogP contribution in [-0.4, -0.2) is 41.3 Å². The third-order valence-corrected chi connectivity index (χ3v) is 4.14. The van der Waals surface area contributed by atoms with Gasteiger partial charge in [-0.25, -0.2) is 19.3 Å². The maximum absolute atomic E-state index is 14.4. The molecular weight excluding hydrogens is 340 g/mol. The maximum Gasteiger partial charge on any atom is 0.351 e. The summed E-state index contributed by atoms with van der Waals surface area (Å²) in [4.78, 5) is 29.8. The smallest absolute Gasteiger partial charge is 0.351 e. The van der Waals surface area contributed by atoms with E-state index in [1.165, 1.54) is 18.7 Å². The average Bonchev–Trinajstić information content (AvgIpc) is 3.07. The van der Waals surface area contributed by atoms with Crippen LogP contribution in [0.15, 0.2) is 24.6 Å². The van der Waals surface area contributed by atoms with Crippen molar-refractivity contribution < 1.29 is 23.5 Å². The predicted octanol–water partition coefficient (Wildman–Crippen LogP) is 0.730. The van der Waals surface area contributed by atoms with Gasteiger partial charge < -0.3 is 24.8 Å². The summed E-state index contributed by atoms with van der Waals surface area (Å²) in [5.74, 6) is 1.53. The molecule has 0 saturated carbocycles. The van der Waals surface area contributed by atoms with Gasteiger partial charge in [-0.15, -0.1) is 6.42 Å². The largest absolute Gasteiger partial charge is 0.382 e. The van der Waals surface area contributed by atoms with Crippen molar-refractivity contribution in [1.29, 1.82) is 0 Å². The number of imidazole rings is 1. The fourth-order valence-electron chi connectivity index (χ4n) is 2.54. The minimum Gasteiger partial charge on any atom is -0.382 e. The zero-order valence-corrected chi connectivity index (χ0v) is 13.1. The summed E-state index contributed by atoms with van der Waals surface area (Å²) in [5, 5.41) is 0. The lowest BCUT2D eigenvalue weighted by molar-refractivity contribution is 0.0285. The summed E-state index contributed by atoms with van der Waals surface area (Å²) < 4.78 is 32.0. The van der Waals surface area contributed by atoms with Gasteiger partial charge >= 0.3 is 7.60 Å². The Hall–Kier alpha value is -2.31. The Morgan fingerprint density at radius 3 is 2.96 bits per heavy atom. The van der Waals surface area contributed by atoms with Crippen molar-refractivity contribution in [3.05, 3.63) is 24.6 Å². The van der Waals surface area contributed by atoms with Crippen molar-refractivity contribution in [2.75, 3.05) is 12.1 Å². The van der Waals surface area contributed by atoms with Crippen LogP contribution in [0.3, 0.4) is 0 Å². The number of allylic oxidation sites excluding steroid dienone is 1. The summed E-state index contributed by atoms with van der Waals surface area (Å²) in [6, 6.07) is -0.600. The van der Waals surface area contributed by atoms with Crippen LogP contribution in [0.4, 0.5) is 10.2 Å². The van der Waals surface area contributed by atoms with Crippen molar-refractivity contribution in [1.82, 2.24) is 19.5 Å². The molecule has 0 spiro atoms. The van der Waals surface area contributed by atoms with Crippen LogP contribution in [0.25, 0.3) is 11.2 Å². The predicted molar refractivity (Wildman–Crippen MR) is 82.1 cm³/mol. The highest BCUT2D eigenvalue weighted by Gasteiger charge is 2.44. The standard InChI is InChI=1S/C13H13FN5O4P/c1-2-13(23-7-24(20,21)22)4-8(3-9(13)14)19-6-18-10-11(15)16-5-17-12(10)19/h1,3,5-6,8H,4,7H2,(H2,15,16,17)(H2,20,21,22)/t8?,13-/m0/s1. The van der Waals surface area contributed by atoms with Gasteiger partial charge in [0.15, 0.2) is 23.4 Å². The van der Waals surface area contributed by atoms with Crippen LogP contribution < -0.4 is 5.73 Å². The Morgan fingerprint density at radius 1 is 1.54 bits per heavy atom. The van der Waals surface area contributed by atoms with Crippen LogP contribution in [0.2, 0.25) is 0 Å². The molecule has 11 heteroatoms. The SMILES string of the molecule is C#C[C@]1(OCP(=O)(O)O)CC(n2cnc3c(N)ncnc32)C=C1F. The molecule has 0 amide bonds. The maximum atomic E-state index is 14.4. The molecule has 2 aromatic rings. The Bertz CT molecular complexity index is 917. The number of hydrogen-bond donors (Lipinski definition) is 3. The first-order valence-electron chi connectivity index (χ1n) is 6.73. The molecule has 2 aromatic heterocycles. The number of nitrogens with zero attached hydrogens (tertiary/aromatic N) is 4. The molecule has 1 aliphatic carbocycles. The van der Waals surface area contributed by atoms with Gasteiger partial charge in [-0.3, -0.25) is 4.57 Å².